The Balaban J connectivity index is 1.62. The zero-order valence-corrected chi connectivity index (χ0v) is 16.5. The van der Waals surface area contributed by atoms with E-state index >= 15 is 0 Å². The van der Waals surface area contributed by atoms with Crippen molar-refractivity contribution >= 4 is 17.3 Å². The highest BCUT2D eigenvalue weighted by molar-refractivity contribution is 6.11. The molecule has 2 N–H and O–H groups in total. The molecule has 0 unspecified atom stereocenters. The first-order valence-corrected chi connectivity index (χ1v) is 9.46. The number of anilines is 2. The molecule has 3 aromatic carbocycles. The lowest BCUT2D eigenvalue weighted by atomic mass is 10.00. The number of nitrogens with one attached hydrogen (secondary N) is 1. The molecule has 6 nitrogen and oxygen atoms in total. The fraction of sp³-hybridized carbons (Fsp3) is 0. The van der Waals surface area contributed by atoms with Crippen LogP contribution in [0.15, 0.2) is 84.1 Å². The van der Waals surface area contributed by atoms with Crippen molar-refractivity contribution in [1.29, 1.82) is 5.26 Å². The molecular weight excluding hydrogens is 412 g/mol. The summed E-state index contributed by atoms with van der Waals surface area (Å²) in [5.74, 6) is -0.800. The van der Waals surface area contributed by atoms with Crippen LogP contribution in [0, 0.1) is 23.0 Å². The SMILES string of the molecule is N#Cc1ccc(Nc2nccc(/C(=N\O)c3ccc(-c4ccc(F)cc4)cc3F)n2)cc1. The third-order valence-corrected chi connectivity index (χ3v) is 4.67. The Labute approximate surface area is 182 Å². The summed E-state index contributed by atoms with van der Waals surface area (Å²) in [6.07, 6.45) is 1.45. The maximum Gasteiger partial charge on any atom is 0.227 e. The molecule has 1 heterocycles. The van der Waals surface area contributed by atoms with Crippen LogP contribution in [0.5, 0.6) is 0 Å². The van der Waals surface area contributed by atoms with Gasteiger partial charge in [-0.05, 0) is 65.7 Å². The minimum absolute atomic E-state index is 0.0429. The highest BCUT2D eigenvalue weighted by atomic mass is 19.1. The fourth-order valence-electron chi connectivity index (χ4n) is 3.08. The van der Waals surface area contributed by atoms with Crippen molar-refractivity contribution in [3.8, 4) is 17.2 Å². The second-order valence-corrected chi connectivity index (χ2v) is 6.73. The Morgan fingerprint density at radius 1 is 0.938 bits per heavy atom. The zero-order valence-electron chi connectivity index (χ0n) is 16.5. The molecular formula is C24H15F2N5O. The van der Waals surface area contributed by atoms with Gasteiger partial charge in [-0.25, -0.2) is 18.7 Å². The van der Waals surface area contributed by atoms with Gasteiger partial charge in [-0.1, -0.05) is 23.4 Å². The average molecular weight is 427 g/mol. The van der Waals surface area contributed by atoms with Gasteiger partial charge in [0.1, 0.15) is 17.3 Å². The number of hydrogen-bond acceptors (Lipinski definition) is 6. The average Bonchev–Trinajstić information content (AvgIpc) is 2.82. The standard InChI is InChI=1S/C24H15F2N5O/c25-18-6-3-16(4-7-18)17-5-10-20(21(26)13-17)23(31-32)22-11-12-28-24(30-22)29-19-8-1-15(14-27)2-9-19/h1-13,32H,(H,28,29,30)/b31-23-. The van der Waals surface area contributed by atoms with E-state index in [1.165, 1.54) is 36.5 Å². The van der Waals surface area contributed by atoms with Crippen LogP contribution in [-0.2, 0) is 0 Å². The number of nitriles is 1. The van der Waals surface area contributed by atoms with Crippen LogP contribution in [0.1, 0.15) is 16.8 Å². The summed E-state index contributed by atoms with van der Waals surface area (Å²) in [6.45, 7) is 0. The molecule has 0 saturated heterocycles. The molecule has 0 aliphatic carbocycles. The maximum absolute atomic E-state index is 14.9. The van der Waals surface area contributed by atoms with E-state index in [-0.39, 0.29) is 28.7 Å². The Kier molecular flexibility index (Phi) is 5.81. The van der Waals surface area contributed by atoms with Gasteiger partial charge in [-0.3, -0.25) is 0 Å². The van der Waals surface area contributed by atoms with E-state index in [1.807, 2.05) is 6.07 Å². The molecule has 0 atom stereocenters. The lowest BCUT2D eigenvalue weighted by Gasteiger charge is -2.10. The molecule has 4 aromatic rings. The van der Waals surface area contributed by atoms with Crippen LogP contribution >= 0.6 is 0 Å². The number of aromatic nitrogens is 2. The Bertz CT molecular complexity index is 1330. The van der Waals surface area contributed by atoms with Crippen LogP contribution in [0.2, 0.25) is 0 Å². The van der Waals surface area contributed by atoms with E-state index in [4.69, 9.17) is 5.26 Å². The van der Waals surface area contributed by atoms with Crippen LogP contribution in [0.25, 0.3) is 11.1 Å². The Morgan fingerprint density at radius 3 is 2.31 bits per heavy atom. The quantitative estimate of drug-likeness (QED) is 0.257. The lowest BCUT2D eigenvalue weighted by Crippen LogP contribution is -2.10. The molecule has 0 spiro atoms. The first-order chi connectivity index (χ1) is 15.6. The fourth-order valence-corrected chi connectivity index (χ4v) is 3.08. The predicted molar refractivity (Wildman–Crippen MR) is 116 cm³/mol. The third-order valence-electron chi connectivity index (χ3n) is 4.67. The predicted octanol–water partition coefficient (Wildman–Crippen LogP) is 5.26. The number of hydrogen-bond donors (Lipinski definition) is 2. The van der Waals surface area contributed by atoms with Crippen molar-refractivity contribution in [2.24, 2.45) is 5.16 Å². The molecule has 0 fully saturated rings. The Hall–Kier alpha value is -4.64. The summed E-state index contributed by atoms with van der Waals surface area (Å²) in [5.41, 5.74) is 2.54. The number of halogens is 2. The van der Waals surface area contributed by atoms with Crippen molar-refractivity contribution in [1.82, 2.24) is 9.97 Å². The van der Waals surface area contributed by atoms with E-state index in [2.05, 4.69) is 20.4 Å². The second kappa shape index (κ2) is 9.02. The van der Waals surface area contributed by atoms with Gasteiger partial charge in [-0.2, -0.15) is 5.26 Å². The summed E-state index contributed by atoms with van der Waals surface area (Å²) >= 11 is 0. The van der Waals surface area contributed by atoms with E-state index < -0.39 is 5.82 Å². The molecule has 0 radical (unpaired) electrons. The Morgan fingerprint density at radius 2 is 1.66 bits per heavy atom. The molecule has 0 aliphatic heterocycles. The second-order valence-electron chi connectivity index (χ2n) is 6.73. The third kappa shape index (κ3) is 4.42. The van der Waals surface area contributed by atoms with Crippen molar-refractivity contribution < 1.29 is 14.0 Å². The first kappa shape index (κ1) is 20.6. The van der Waals surface area contributed by atoms with E-state index in [1.54, 1.807) is 42.5 Å². The molecule has 32 heavy (non-hydrogen) atoms. The first-order valence-electron chi connectivity index (χ1n) is 9.46. The molecule has 156 valence electrons. The summed E-state index contributed by atoms with van der Waals surface area (Å²) in [6, 6.07) is 20.3. The topological polar surface area (TPSA) is 94.2 Å². The van der Waals surface area contributed by atoms with Crippen LogP contribution in [-0.4, -0.2) is 20.9 Å². The van der Waals surface area contributed by atoms with E-state index in [0.29, 0.717) is 22.4 Å². The minimum atomic E-state index is -0.625. The number of rotatable bonds is 5. The van der Waals surface area contributed by atoms with Crippen LogP contribution in [0.4, 0.5) is 20.4 Å². The summed E-state index contributed by atoms with van der Waals surface area (Å²) in [5, 5.41) is 24.7. The normalized spacial score (nSPS) is 11.1. The van der Waals surface area contributed by atoms with Crippen molar-refractivity contribution in [2.75, 3.05) is 5.32 Å². The number of oxime groups is 1. The smallest absolute Gasteiger partial charge is 0.227 e. The van der Waals surface area contributed by atoms with Crippen molar-refractivity contribution in [3.05, 3.63) is 107 Å². The van der Waals surface area contributed by atoms with Gasteiger partial charge >= 0.3 is 0 Å². The molecule has 0 amide bonds. The number of benzene rings is 3. The molecule has 0 aliphatic rings. The van der Waals surface area contributed by atoms with E-state index in [0.717, 1.165) is 0 Å². The van der Waals surface area contributed by atoms with Crippen LogP contribution < -0.4 is 5.32 Å². The van der Waals surface area contributed by atoms with Crippen molar-refractivity contribution in [3.63, 3.8) is 0 Å². The molecule has 4 rings (SSSR count). The minimum Gasteiger partial charge on any atom is -0.410 e. The van der Waals surface area contributed by atoms with Gasteiger partial charge in [0.25, 0.3) is 0 Å². The highest BCUT2D eigenvalue weighted by Crippen LogP contribution is 2.24. The van der Waals surface area contributed by atoms with E-state index in [9.17, 15) is 14.0 Å². The largest absolute Gasteiger partial charge is 0.410 e. The van der Waals surface area contributed by atoms with Gasteiger partial charge in [0, 0.05) is 17.4 Å². The molecule has 1 aromatic heterocycles. The molecule has 0 saturated carbocycles. The maximum atomic E-state index is 14.9. The van der Waals surface area contributed by atoms with Gasteiger partial charge in [-0.15, -0.1) is 0 Å². The van der Waals surface area contributed by atoms with Gasteiger partial charge in [0.15, 0.2) is 0 Å². The molecule has 0 bridgehead atoms. The summed E-state index contributed by atoms with van der Waals surface area (Å²) in [7, 11) is 0. The summed E-state index contributed by atoms with van der Waals surface area (Å²) in [4.78, 5) is 8.43. The highest BCUT2D eigenvalue weighted by Gasteiger charge is 2.16. The van der Waals surface area contributed by atoms with Crippen molar-refractivity contribution in [2.45, 2.75) is 0 Å². The van der Waals surface area contributed by atoms with Gasteiger partial charge in [0.05, 0.1) is 17.3 Å². The molecule has 8 heteroatoms. The lowest BCUT2D eigenvalue weighted by molar-refractivity contribution is 0.319. The number of nitrogens with zero attached hydrogens (tertiary/aromatic N) is 4. The van der Waals surface area contributed by atoms with Gasteiger partial charge < -0.3 is 10.5 Å². The van der Waals surface area contributed by atoms with Gasteiger partial charge in [0.2, 0.25) is 5.95 Å². The van der Waals surface area contributed by atoms with Crippen LogP contribution in [0.3, 0.4) is 0 Å². The monoisotopic (exact) mass is 427 g/mol. The summed E-state index contributed by atoms with van der Waals surface area (Å²) < 4.78 is 28.0. The zero-order chi connectivity index (χ0) is 22.5.